The van der Waals surface area contributed by atoms with Crippen molar-refractivity contribution in [3.8, 4) is 102 Å². The standard InChI is InChI=1S/C59H41N7/c1-38-35-36-46(39(2)60-38)49-33-18-32-48(53(49)50-30-14-15-31-52(50)59-64-54(41-20-6-3-7-21-41)61-55(65-59)42-22-8-4-9-23-42)44-27-16-28-45(37-44)57-62-56(43-24-10-5-11-25-43)63-58(66-57)51-34-17-26-40-19-12-13-29-47(40)51/h3-37H,1-2H3. The lowest BCUT2D eigenvalue weighted by Gasteiger charge is -2.20. The van der Waals surface area contributed by atoms with Crippen LogP contribution in [-0.4, -0.2) is 34.9 Å². The van der Waals surface area contributed by atoms with E-state index < -0.39 is 0 Å². The molecule has 0 amide bonds. The molecule has 66 heavy (non-hydrogen) atoms. The van der Waals surface area contributed by atoms with E-state index >= 15 is 0 Å². The number of benzene rings is 8. The quantitative estimate of drug-likeness (QED) is 0.143. The molecule has 0 aliphatic heterocycles. The van der Waals surface area contributed by atoms with Gasteiger partial charge in [0.2, 0.25) is 0 Å². The van der Waals surface area contributed by atoms with Crippen LogP contribution in [-0.2, 0) is 0 Å². The molecule has 312 valence electrons. The average Bonchev–Trinajstić information content (AvgIpc) is 3.39. The zero-order valence-electron chi connectivity index (χ0n) is 36.3. The third-order valence-corrected chi connectivity index (χ3v) is 11.8. The van der Waals surface area contributed by atoms with E-state index in [1.165, 1.54) is 0 Å². The van der Waals surface area contributed by atoms with Gasteiger partial charge < -0.3 is 0 Å². The highest BCUT2D eigenvalue weighted by Gasteiger charge is 2.22. The maximum Gasteiger partial charge on any atom is 0.164 e. The summed E-state index contributed by atoms with van der Waals surface area (Å²) in [6, 6.07) is 72.5. The lowest BCUT2D eigenvalue weighted by molar-refractivity contribution is 1.07. The molecule has 0 unspecified atom stereocenters. The summed E-state index contributed by atoms with van der Waals surface area (Å²) in [6.07, 6.45) is 0. The van der Waals surface area contributed by atoms with Crippen molar-refractivity contribution in [2.24, 2.45) is 0 Å². The highest BCUT2D eigenvalue weighted by atomic mass is 15.0. The lowest BCUT2D eigenvalue weighted by Crippen LogP contribution is -2.02. The van der Waals surface area contributed by atoms with E-state index in [-0.39, 0.29) is 0 Å². The van der Waals surface area contributed by atoms with Crippen molar-refractivity contribution in [3.63, 3.8) is 0 Å². The number of pyridine rings is 1. The van der Waals surface area contributed by atoms with Crippen molar-refractivity contribution in [2.75, 3.05) is 0 Å². The molecule has 0 fully saturated rings. The fourth-order valence-corrected chi connectivity index (χ4v) is 8.69. The second-order valence-electron chi connectivity index (χ2n) is 16.2. The summed E-state index contributed by atoms with van der Waals surface area (Å²) in [7, 11) is 0. The monoisotopic (exact) mass is 847 g/mol. The van der Waals surface area contributed by atoms with Gasteiger partial charge >= 0.3 is 0 Å². The van der Waals surface area contributed by atoms with Gasteiger partial charge in [-0.3, -0.25) is 4.98 Å². The van der Waals surface area contributed by atoms with Gasteiger partial charge in [-0.1, -0.05) is 200 Å². The van der Waals surface area contributed by atoms with Crippen molar-refractivity contribution in [1.29, 1.82) is 0 Å². The minimum Gasteiger partial charge on any atom is -0.258 e. The molecule has 7 heteroatoms. The van der Waals surface area contributed by atoms with Crippen LogP contribution in [0.5, 0.6) is 0 Å². The molecule has 0 atom stereocenters. The van der Waals surface area contributed by atoms with Crippen molar-refractivity contribution >= 4 is 10.8 Å². The summed E-state index contributed by atoms with van der Waals surface area (Å²) >= 11 is 0. The zero-order chi connectivity index (χ0) is 44.4. The summed E-state index contributed by atoms with van der Waals surface area (Å²) in [6.45, 7) is 4.11. The molecule has 8 aromatic carbocycles. The number of hydrogen-bond donors (Lipinski definition) is 0. The van der Waals surface area contributed by atoms with E-state index in [2.05, 4.69) is 122 Å². The molecular weight excluding hydrogens is 807 g/mol. The van der Waals surface area contributed by atoms with E-state index in [1.807, 2.05) is 104 Å². The Hall–Kier alpha value is -8.81. The normalized spacial score (nSPS) is 11.2. The molecule has 0 bridgehead atoms. The van der Waals surface area contributed by atoms with Crippen LogP contribution >= 0.6 is 0 Å². The van der Waals surface area contributed by atoms with Crippen LogP contribution in [0.2, 0.25) is 0 Å². The SMILES string of the molecule is Cc1ccc(-c2cccc(-c3cccc(-c4nc(-c5ccccc5)nc(-c5cccc6ccccc56)n4)c3)c2-c2ccccc2-c2nc(-c3ccccc3)nc(-c3ccccc3)n2)c(C)n1. The average molecular weight is 848 g/mol. The van der Waals surface area contributed by atoms with Crippen LogP contribution in [0, 0.1) is 13.8 Å². The molecule has 0 saturated heterocycles. The smallest absolute Gasteiger partial charge is 0.164 e. The number of fused-ring (bicyclic) bond motifs is 1. The third-order valence-electron chi connectivity index (χ3n) is 11.8. The van der Waals surface area contributed by atoms with Crippen LogP contribution in [0.4, 0.5) is 0 Å². The Morgan fingerprint density at radius 3 is 1.32 bits per heavy atom. The fraction of sp³-hybridized carbons (Fsp3) is 0.0339. The number of nitrogens with zero attached hydrogens (tertiary/aromatic N) is 7. The number of aryl methyl sites for hydroxylation is 2. The molecule has 0 aliphatic carbocycles. The fourth-order valence-electron chi connectivity index (χ4n) is 8.69. The molecule has 0 spiro atoms. The van der Waals surface area contributed by atoms with Gasteiger partial charge in [0.05, 0.1) is 0 Å². The Morgan fingerprint density at radius 2 is 0.682 bits per heavy atom. The van der Waals surface area contributed by atoms with Crippen molar-refractivity contribution < 1.29 is 0 Å². The first-order valence-electron chi connectivity index (χ1n) is 22.0. The van der Waals surface area contributed by atoms with Crippen molar-refractivity contribution in [3.05, 3.63) is 224 Å². The van der Waals surface area contributed by atoms with E-state index in [4.69, 9.17) is 34.9 Å². The molecule has 11 aromatic rings. The summed E-state index contributed by atoms with van der Waals surface area (Å²) in [5.41, 5.74) is 13.4. The molecule has 3 heterocycles. The third kappa shape index (κ3) is 7.80. The van der Waals surface area contributed by atoms with Crippen LogP contribution < -0.4 is 0 Å². The minimum absolute atomic E-state index is 0.575. The Bertz CT molecular complexity index is 3490. The Balaban J connectivity index is 1.13. The second kappa shape index (κ2) is 17.4. The molecule has 7 nitrogen and oxygen atoms in total. The highest BCUT2D eigenvalue weighted by Crippen LogP contribution is 2.45. The summed E-state index contributed by atoms with van der Waals surface area (Å²) < 4.78 is 0. The largest absolute Gasteiger partial charge is 0.258 e. The molecule has 0 N–H and O–H groups in total. The van der Waals surface area contributed by atoms with Crippen LogP contribution in [0.15, 0.2) is 212 Å². The molecule has 0 saturated carbocycles. The predicted molar refractivity (Wildman–Crippen MR) is 267 cm³/mol. The summed E-state index contributed by atoms with van der Waals surface area (Å²) in [4.78, 5) is 35.8. The summed E-state index contributed by atoms with van der Waals surface area (Å²) in [5, 5.41) is 2.20. The first kappa shape index (κ1) is 40.0. The molecule has 11 rings (SSSR count). The lowest BCUT2D eigenvalue weighted by atomic mass is 9.85. The Labute approximate surface area is 383 Å². The van der Waals surface area contributed by atoms with E-state index in [0.717, 1.165) is 88.9 Å². The molecular formula is C59H41N7. The first-order chi connectivity index (χ1) is 32.5. The second-order valence-corrected chi connectivity index (χ2v) is 16.2. The summed E-state index contributed by atoms with van der Waals surface area (Å²) in [5.74, 6) is 3.58. The van der Waals surface area contributed by atoms with Gasteiger partial charge in [-0.2, -0.15) is 0 Å². The van der Waals surface area contributed by atoms with Gasteiger partial charge in [-0.05, 0) is 64.6 Å². The maximum absolute atomic E-state index is 5.22. The Kier molecular flexibility index (Phi) is 10.5. The molecule has 0 radical (unpaired) electrons. The number of hydrogen-bond acceptors (Lipinski definition) is 7. The van der Waals surface area contributed by atoms with E-state index in [9.17, 15) is 0 Å². The van der Waals surface area contributed by atoms with Gasteiger partial charge in [-0.15, -0.1) is 0 Å². The van der Waals surface area contributed by atoms with E-state index in [0.29, 0.717) is 34.9 Å². The van der Waals surface area contributed by atoms with Gasteiger partial charge in [0.1, 0.15) is 0 Å². The Morgan fingerprint density at radius 1 is 0.258 bits per heavy atom. The van der Waals surface area contributed by atoms with Gasteiger partial charge in [0.15, 0.2) is 34.9 Å². The van der Waals surface area contributed by atoms with Gasteiger partial charge in [0, 0.05) is 50.3 Å². The van der Waals surface area contributed by atoms with Gasteiger partial charge in [0.25, 0.3) is 0 Å². The van der Waals surface area contributed by atoms with Crippen molar-refractivity contribution in [1.82, 2.24) is 34.9 Å². The van der Waals surface area contributed by atoms with Crippen LogP contribution in [0.3, 0.4) is 0 Å². The van der Waals surface area contributed by atoms with E-state index in [1.54, 1.807) is 0 Å². The topological polar surface area (TPSA) is 90.2 Å². The maximum atomic E-state index is 5.22. The molecule has 0 aliphatic rings. The minimum atomic E-state index is 0.575. The number of aromatic nitrogens is 7. The number of rotatable bonds is 9. The predicted octanol–water partition coefficient (Wildman–Crippen LogP) is 14.2. The van der Waals surface area contributed by atoms with Crippen LogP contribution in [0.25, 0.3) is 112 Å². The molecule has 3 aromatic heterocycles. The highest BCUT2D eigenvalue weighted by molar-refractivity contribution is 6.00. The first-order valence-corrected chi connectivity index (χ1v) is 22.0. The van der Waals surface area contributed by atoms with Crippen LogP contribution in [0.1, 0.15) is 11.4 Å². The zero-order valence-corrected chi connectivity index (χ0v) is 36.3. The van der Waals surface area contributed by atoms with Gasteiger partial charge in [-0.25, -0.2) is 29.9 Å². The van der Waals surface area contributed by atoms with Crippen molar-refractivity contribution in [2.45, 2.75) is 13.8 Å².